The van der Waals surface area contributed by atoms with Crippen molar-refractivity contribution in [2.45, 2.75) is 11.5 Å². The zero-order valence-corrected chi connectivity index (χ0v) is 14.4. The van der Waals surface area contributed by atoms with Gasteiger partial charge in [-0.15, -0.1) is 0 Å². The second kappa shape index (κ2) is 6.70. The molecule has 0 aliphatic rings. The van der Waals surface area contributed by atoms with E-state index in [9.17, 15) is 18.6 Å². The van der Waals surface area contributed by atoms with Crippen molar-refractivity contribution in [3.63, 3.8) is 0 Å². The number of benzene rings is 3. The molecule has 0 unspecified atom stereocenters. The molecule has 0 aliphatic heterocycles. The van der Waals surface area contributed by atoms with Crippen molar-refractivity contribution in [3.8, 4) is 28.0 Å². The standard InChI is InChI=1S/C20H17O4S/c1-25(23,24)17-11-9-15(10-12-17)18-3-2-4-19(22)20(18)16-7-5-14(13-21)6-8-16/h2,4-12,21-22H,13H2,1H3. The van der Waals surface area contributed by atoms with E-state index in [4.69, 9.17) is 0 Å². The minimum absolute atomic E-state index is 0.0486. The third kappa shape index (κ3) is 3.57. The average Bonchev–Trinajstić information content (AvgIpc) is 2.61. The zero-order valence-electron chi connectivity index (χ0n) is 13.6. The van der Waals surface area contributed by atoms with Crippen LogP contribution in [0.4, 0.5) is 0 Å². The summed E-state index contributed by atoms with van der Waals surface area (Å²) in [6.07, 6.45) is 1.16. The first-order valence-corrected chi connectivity index (χ1v) is 9.53. The molecule has 0 aromatic heterocycles. The van der Waals surface area contributed by atoms with Gasteiger partial charge in [0.1, 0.15) is 5.75 Å². The van der Waals surface area contributed by atoms with Crippen molar-refractivity contribution in [1.29, 1.82) is 0 Å². The van der Waals surface area contributed by atoms with Crippen molar-refractivity contribution in [1.82, 2.24) is 0 Å². The summed E-state index contributed by atoms with van der Waals surface area (Å²) >= 11 is 0. The van der Waals surface area contributed by atoms with Crippen LogP contribution in [-0.2, 0) is 16.4 Å². The molecule has 4 nitrogen and oxygen atoms in total. The van der Waals surface area contributed by atoms with Gasteiger partial charge in [0.05, 0.1) is 11.5 Å². The van der Waals surface area contributed by atoms with E-state index in [2.05, 4.69) is 6.07 Å². The molecule has 0 amide bonds. The molecule has 3 rings (SSSR count). The Bertz CT molecular complexity index is 989. The molecule has 0 heterocycles. The molecule has 3 aromatic carbocycles. The van der Waals surface area contributed by atoms with Gasteiger partial charge in [-0.2, -0.15) is 0 Å². The van der Waals surface area contributed by atoms with E-state index in [1.54, 1.807) is 48.5 Å². The summed E-state index contributed by atoms with van der Waals surface area (Å²) in [6, 6.07) is 20.0. The Morgan fingerprint density at radius 1 is 0.920 bits per heavy atom. The van der Waals surface area contributed by atoms with Crippen molar-refractivity contribution in [3.05, 3.63) is 72.3 Å². The van der Waals surface area contributed by atoms with E-state index in [-0.39, 0.29) is 17.3 Å². The fourth-order valence-corrected chi connectivity index (χ4v) is 3.28. The lowest BCUT2D eigenvalue weighted by Gasteiger charge is -2.12. The smallest absolute Gasteiger partial charge is 0.175 e. The molecule has 1 radical (unpaired) electrons. The normalized spacial score (nSPS) is 11.4. The summed E-state index contributed by atoms with van der Waals surface area (Å²) in [5, 5.41) is 19.5. The van der Waals surface area contributed by atoms with Crippen LogP contribution in [0.3, 0.4) is 0 Å². The van der Waals surface area contributed by atoms with E-state index >= 15 is 0 Å². The number of aliphatic hydroxyl groups excluding tert-OH is 1. The molecule has 0 saturated heterocycles. The van der Waals surface area contributed by atoms with Gasteiger partial charge in [-0.1, -0.05) is 42.5 Å². The number of hydrogen-bond donors (Lipinski definition) is 2. The first kappa shape index (κ1) is 17.2. The molecule has 0 aliphatic carbocycles. The third-order valence-electron chi connectivity index (χ3n) is 3.97. The fraction of sp³-hybridized carbons (Fsp3) is 0.100. The largest absolute Gasteiger partial charge is 0.507 e. The Hall–Kier alpha value is -2.63. The summed E-state index contributed by atoms with van der Waals surface area (Å²) in [5.41, 5.74) is 3.61. The number of aromatic hydroxyl groups is 1. The van der Waals surface area contributed by atoms with Crippen molar-refractivity contribution >= 4 is 9.84 Å². The Balaban J connectivity index is 2.12. The maximum absolute atomic E-state index is 11.6. The highest BCUT2D eigenvalue weighted by atomic mass is 32.2. The van der Waals surface area contributed by atoms with Crippen molar-refractivity contribution in [2.75, 3.05) is 6.26 Å². The minimum Gasteiger partial charge on any atom is -0.507 e. The van der Waals surface area contributed by atoms with E-state index in [0.717, 1.165) is 22.9 Å². The topological polar surface area (TPSA) is 74.6 Å². The Kier molecular flexibility index (Phi) is 4.61. The molecule has 5 heteroatoms. The van der Waals surface area contributed by atoms with Gasteiger partial charge in [-0.25, -0.2) is 8.42 Å². The highest BCUT2D eigenvalue weighted by molar-refractivity contribution is 7.90. The van der Waals surface area contributed by atoms with Crippen LogP contribution in [0.15, 0.2) is 65.6 Å². The van der Waals surface area contributed by atoms with Gasteiger partial charge in [-0.3, -0.25) is 0 Å². The molecule has 0 atom stereocenters. The quantitative estimate of drug-likeness (QED) is 0.754. The number of sulfone groups is 1. The molecule has 127 valence electrons. The van der Waals surface area contributed by atoms with Gasteiger partial charge in [0, 0.05) is 17.4 Å². The first-order valence-electron chi connectivity index (χ1n) is 7.64. The first-order chi connectivity index (χ1) is 11.9. The van der Waals surface area contributed by atoms with Crippen LogP contribution in [-0.4, -0.2) is 24.9 Å². The predicted octanol–water partition coefficient (Wildman–Crippen LogP) is 3.42. The van der Waals surface area contributed by atoms with Gasteiger partial charge < -0.3 is 10.2 Å². The Morgan fingerprint density at radius 3 is 2.08 bits per heavy atom. The minimum atomic E-state index is -3.26. The maximum Gasteiger partial charge on any atom is 0.175 e. The summed E-state index contributed by atoms with van der Waals surface area (Å²) in [6.45, 7) is -0.0486. The van der Waals surface area contributed by atoms with Crippen LogP contribution < -0.4 is 0 Å². The number of phenols is 1. The molecule has 0 spiro atoms. The highest BCUT2D eigenvalue weighted by Crippen LogP contribution is 2.38. The van der Waals surface area contributed by atoms with E-state index in [1.165, 1.54) is 0 Å². The van der Waals surface area contributed by atoms with Crippen LogP contribution >= 0.6 is 0 Å². The number of rotatable bonds is 4. The number of aliphatic hydroxyl groups is 1. The molecular weight excluding hydrogens is 336 g/mol. The van der Waals surface area contributed by atoms with Crippen molar-refractivity contribution < 1.29 is 18.6 Å². The van der Waals surface area contributed by atoms with Gasteiger partial charge in [0.15, 0.2) is 9.84 Å². The van der Waals surface area contributed by atoms with E-state index < -0.39 is 9.84 Å². The van der Waals surface area contributed by atoms with E-state index in [1.807, 2.05) is 12.1 Å². The van der Waals surface area contributed by atoms with Crippen LogP contribution in [0.25, 0.3) is 22.3 Å². The fourth-order valence-electron chi connectivity index (χ4n) is 2.65. The van der Waals surface area contributed by atoms with Crippen LogP contribution in [0.5, 0.6) is 5.75 Å². The lowest BCUT2D eigenvalue weighted by Crippen LogP contribution is -1.96. The summed E-state index contributed by atoms with van der Waals surface area (Å²) in [4.78, 5) is 0.241. The second-order valence-electron chi connectivity index (χ2n) is 5.76. The number of hydrogen-bond acceptors (Lipinski definition) is 4. The molecular formula is C20H17O4S. The van der Waals surface area contributed by atoms with E-state index in [0.29, 0.717) is 11.1 Å². The molecule has 3 aromatic rings. The predicted molar refractivity (Wildman–Crippen MR) is 96.8 cm³/mol. The van der Waals surface area contributed by atoms with Crippen molar-refractivity contribution in [2.24, 2.45) is 0 Å². The van der Waals surface area contributed by atoms with Gasteiger partial charge in [0.2, 0.25) is 0 Å². The monoisotopic (exact) mass is 353 g/mol. The maximum atomic E-state index is 11.6. The summed E-state index contributed by atoms with van der Waals surface area (Å²) in [5.74, 6) is 0.109. The molecule has 25 heavy (non-hydrogen) atoms. The number of phenolic OH excluding ortho intramolecular Hbond substituents is 1. The summed E-state index contributed by atoms with van der Waals surface area (Å²) < 4.78 is 23.2. The molecule has 0 bridgehead atoms. The lowest BCUT2D eigenvalue weighted by molar-refractivity contribution is 0.282. The molecule has 2 N–H and O–H groups in total. The zero-order chi connectivity index (χ0) is 18.0. The SMILES string of the molecule is CS(=O)(=O)c1ccc(-c2[c]ccc(O)c2-c2ccc(CO)cc2)cc1. The summed E-state index contributed by atoms with van der Waals surface area (Å²) in [7, 11) is -3.26. The highest BCUT2D eigenvalue weighted by Gasteiger charge is 2.14. The molecule has 0 saturated carbocycles. The van der Waals surface area contributed by atoms with Gasteiger partial charge in [-0.05, 0) is 41.0 Å². The Labute approximate surface area is 146 Å². The van der Waals surface area contributed by atoms with Crippen LogP contribution in [0.1, 0.15) is 5.56 Å². The van der Waals surface area contributed by atoms with Gasteiger partial charge >= 0.3 is 0 Å². The second-order valence-corrected chi connectivity index (χ2v) is 7.78. The lowest BCUT2D eigenvalue weighted by atomic mass is 9.93. The van der Waals surface area contributed by atoms with Crippen LogP contribution in [0, 0.1) is 6.07 Å². The molecule has 0 fully saturated rings. The van der Waals surface area contributed by atoms with Crippen LogP contribution in [0.2, 0.25) is 0 Å². The van der Waals surface area contributed by atoms with Gasteiger partial charge in [0.25, 0.3) is 0 Å². The third-order valence-corrected chi connectivity index (χ3v) is 5.10. The average molecular weight is 353 g/mol. The Morgan fingerprint density at radius 2 is 1.52 bits per heavy atom.